The van der Waals surface area contributed by atoms with Crippen LogP contribution in [0.4, 0.5) is 0 Å². The van der Waals surface area contributed by atoms with Crippen LogP contribution in [0.3, 0.4) is 0 Å². The highest BCUT2D eigenvalue weighted by Gasteiger charge is 2.12. The lowest BCUT2D eigenvalue weighted by atomic mass is 10.2. The molecule has 0 aliphatic rings. The van der Waals surface area contributed by atoms with Gasteiger partial charge < -0.3 is 4.74 Å². The molecule has 0 amide bonds. The van der Waals surface area contributed by atoms with Gasteiger partial charge in [-0.05, 0) is 5.56 Å². The van der Waals surface area contributed by atoms with Crippen LogP contribution in [0.25, 0.3) is 11.2 Å². The van der Waals surface area contributed by atoms with Gasteiger partial charge in [0.2, 0.25) is 0 Å². The Morgan fingerprint density at radius 1 is 1.27 bits per heavy atom. The average molecular weight is 299 g/mol. The first-order chi connectivity index (χ1) is 10.6. The molecule has 2 heterocycles. The summed E-state index contributed by atoms with van der Waals surface area (Å²) in [6.07, 6.45) is 1.29. The number of hydrogen-bond donors (Lipinski definition) is 0. The summed E-state index contributed by atoms with van der Waals surface area (Å²) < 4.78 is 7.69. The molecular formula is C14H13N5O3. The third kappa shape index (κ3) is 2.71. The summed E-state index contributed by atoms with van der Waals surface area (Å²) in [5, 5.41) is 7.47. The van der Waals surface area contributed by atoms with E-state index in [1.165, 1.54) is 11.0 Å². The van der Waals surface area contributed by atoms with Gasteiger partial charge in [0, 0.05) is 7.05 Å². The molecule has 3 rings (SSSR count). The number of benzene rings is 1. The largest absolute Gasteiger partial charge is 0.459 e. The molecule has 0 N–H and O–H groups in total. The van der Waals surface area contributed by atoms with E-state index in [1.807, 2.05) is 30.3 Å². The summed E-state index contributed by atoms with van der Waals surface area (Å²) in [6.45, 7) is -0.0551. The molecule has 112 valence electrons. The minimum absolute atomic E-state index is 0.126. The first-order valence-electron chi connectivity index (χ1n) is 6.59. The summed E-state index contributed by atoms with van der Waals surface area (Å²) in [4.78, 5) is 28.0. The van der Waals surface area contributed by atoms with Crippen molar-refractivity contribution in [3.05, 3.63) is 52.6 Å². The lowest BCUT2D eigenvalue weighted by Gasteiger charge is -2.06. The molecule has 0 spiro atoms. The van der Waals surface area contributed by atoms with Crippen molar-refractivity contribution in [1.82, 2.24) is 24.5 Å². The Morgan fingerprint density at radius 2 is 2.05 bits per heavy atom. The molecule has 0 aliphatic carbocycles. The van der Waals surface area contributed by atoms with Crippen molar-refractivity contribution in [3.63, 3.8) is 0 Å². The predicted octanol–water partition coefficient (Wildman–Crippen LogP) is 0.268. The van der Waals surface area contributed by atoms with Crippen molar-refractivity contribution < 1.29 is 9.53 Å². The van der Waals surface area contributed by atoms with Crippen molar-refractivity contribution in [3.8, 4) is 0 Å². The minimum atomic E-state index is -0.518. The topological polar surface area (TPSA) is 91.9 Å². The van der Waals surface area contributed by atoms with Gasteiger partial charge in [-0.1, -0.05) is 35.5 Å². The molecule has 0 saturated carbocycles. The molecule has 0 aliphatic heterocycles. The number of aryl methyl sites for hydroxylation is 1. The monoisotopic (exact) mass is 299 g/mol. The molecule has 2 aromatic heterocycles. The molecule has 0 bridgehead atoms. The number of aromatic nitrogens is 5. The second-order valence-electron chi connectivity index (χ2n) is 4.71. The molecule has 0 fully saturated rings. The summed E-state index contributed by atoms with van der Waals surface area (Å²) >= 11 is 0. The van der Waals surface area contributed by atoms with E-state index in [9.17, 15) is 9.59 Å². The Hall–Kier alpha value is -3.03. The van der Waals surface area contributed by atoms with E-state index in [0.29, 0.717) is 5.65 Å². The molecule has 1 aromatic carbocycles. The van der Waals surface area contributed by atoms with Gasteiger partial charge in [0.1, 0.15) is 19.5 Å². The van der Waals surface area contributed by atoms with Gasteiger partial charge in [0.15, 0.2) is 11.2 Å². The maximum absolute atomic E-state index is 12.2. The Labute approximate surface area is 125 Å². The van der Waals surface area contributed by atoms with Crippen LogP contribution in [-0.2, 0) is 29.7 Å². The van der Waals surface area contributed by atoms with Crippen LogP contribution in [0.2, 0.25) is 0 Å². The van der Waals surface area contributed by atoms with E-state index in [4.69, 9.17) is 4.74 Å². The molecule has 3 aromatic rings. The SMILES string of the molecule is Cn1nnc2c(=O)n(CC(=O)OCc3ccccc3)cnc21. The van der Waals surface area contributed by atoms with E-state index in [-0.39, 0.29) is 18.7 Å². The van der Waals surface area contributed by atoms with Crippen LogP contribution in [0, 0.1) is 0 Å². The second kappa shape index (κ2) is 5.76. The minimum Gasteiger partial charge on any atom is -0.459 e. The van der Waals surface area contributed by atoms with Crippen LogP contribution in [0.15, 0.2) is 41.5 Å². The first-order valence-corrected chi connectivity index (χ1v) is 6.59. The molecule has 0 unspecified atom stereocenters. The van der Waals surface area contributed by atoms with Gasteiger partial charge in [0.05, 0.1) is 0 Å². The lowest BCUT2D eigenvalue weighted by Crippen LogP contribution is -2.26. The second-order valence-corrected chi connectivity index (χ2v) is 4.71. The third-order valence-corrected chi connectivity index (χ3v) is 3.12. The molecule has 0 atom stereocenters. The van der Waals surface area contributed by atoms with E-state index in [0.717, 1.165) is 10.1 Å². The number of rotatable bonds is 4. The quantitative estimate of drug-likeness (QED) is 0.642. The highest BCUT2D eigenvalue weighted by atomic mass is 16.5. The summed E-state index contributed by atoms with van der Waals surface area (Å²) in [5.41, 5.74) is 0.959. The Bertz CT molecular complexity index is 869. The fourth-order valence-electron chi connectivity index (χ4n) is 1.98. The van der Waals surface area contributed by atoms with Crippen LogP contribution in [-0.4, -0.2) is 30.5 Å². The van der Waals surface area contributed by atoms with Gasteiger partial charge >= 0.3 is 5.97 Å². The maximum Gasteiger partial charge on any atom is 0.326 e. The van der Waals surface area contributed by atoms with Gasteiger partial charge in [-0.15, -0.1) is 5.10 Å². The summed E-state index contributed by atoms with van der Waals surface area (Å²) in [7, 11) is 1.64. The van der Waals surface area contributed by atoms with Crippen molar-refractivity contribution >= 4 is 17.1 Å². The smallest absolute Gasteiger partial charge is 0.326 e. The zero-order valence-electron chi connectivity index (χ0n) is 11.8. The van der Waals surface area contributed by atoms with Crippen LogP contribution in [0.5, 0.6) is 0 Å². The number of ether oxygens (including phenoxy) is 1. The molecular weight excluding hydrogens is 286 g/mol. The van der Waals surface area contributed by atoms with E-state index >= 15 is 0 Å². The van der Waals surface area contributed by atoms with Gasteiger partial charge in [0.25, 0.3) is 5.56 Å². The Balaban J connectivity index is 1.71. The Kier molecular flexibility index (Phi) is 3.65. The average Bonchev–Trinajstić information content (AvgIpc) is 2.91. The van der Waals surface area contributed by atoms with Crippen molar-refractivity contribution in [1.29, 1.82) is 0 Å². The predicted molar refractivity (Wildman–Crippen MR) is 76.8 cm³/mol. The van der Waals surface area contributed by atoms with Crippen LogP contribution in [0.1, 0.15) is 5.56 Å². The molecule has 8 heteroatoms. The number of esters is 1. The third-order valence-electron chi connectivity index (χ3n) is 3.12. The van der Waals surface area contributed by atoms with Crippen LogP contribution < -0.4 is 5.56 Å². The molecule has 22 heavy (non-hydrogen) atoms. The summed E-state index contributed by atoms with van der Waals surface area (Å²) in [6, 6.07) is 9.31. The number of carbonyl (C=O) groups excluding carboxylic acids is 1. The lowest BCUT2D eigenvalue weighted by molar-refractivity contribution is -0.145. The number of nitrogens with zero attached hydrogens (tertiary/aromatic N) is 5. The van der Waals surface area contributed by atoms with E-state index < -0.39 is 11.5 Å². The Morgan fingerprint density at radius 3 is 2.82 bits per heavy atom. The first kappa shape index (κ1) is 13.9. The van der Waals surface area contributed by atoms with Crippen molar-refractivity contribution in [2.75, 3.05) is 0 Å². The van der Waals surface area contributed by atoms with E-state index in [1.54, 1.807) is 7.05 Å². The van der Waals surface area contributed by atoms with Gasteiger partial charge in [-0.2, -0.15) is 0 Å². The van der Waals surface area contributed by atoms with Crippen LogP contribution >= 0.6 is 0 Å². The zero-order chi connectivity index (χ0) is 15.5. The van der Waals surface area contributed by atoms with Gasteiger partial charge in [-0.3, -0.25) is 14.2 Å². The number of carbonyl (C=O) groups is 1. The molecule has 0 saturated heterocycles. The summed E-state index contributed by atoms with van der Waals surface area (Å²) in [5.74, 6) is -0.518. The maximum atomic E-state index is 12.2. The zero-order valence-corrected chi connectivity index (χ0v) is 11.8. The standard InChI is InChI=1S/C14H13N5O3/c1-18-13-12(16-17-18)14(21)19(9-15-13)7-11(20)22-8-10-5-3-2-4-6-10/h2-6,9H,7-8H2,1H3. The highest BCUT2D eigenvalue weighted by molar-refractivity contribution is 5.71. The highest BCUT2D eigenvalue weighted by Crippen LogP contribution is 2.02. The van der Waals surface area contributed by atoms with Crippen molar-refractivity contribution in [2.24, 2.45) is 7.05 Å². The fourth-order valence-corrected chi connectivity index (χ4v) is 1.98. The van der Waals surface area contributed by atoms with Crippen molar-refractivity contribution in [2.45, 2.75) is 13.2 Å². The number of hydrogen-bond acceptors (Lipinski definition) is 6. The number of fused-ring (bicyclic) bond motifs is 1. The molecule has 8 nitrogen and oxygen atoms in total. The van der Waals surface area contributed by atoms with Gasteiger partial charge in [-0.25, -0.2) is 9.67 Å². The molecule has 0 radical (unpaired) electrons. The normalized spacial score (nSPS) is 10.8. The van der Waals surface area contributed by atoms with E-state index in [2.05, 4.69) is 15.3 Å². The fraction of sp³-hybridized carbons (Fsp3) is 0.214.